The maximum absolute atomic E-state index is 12.7. The molecule has 4 atom stereocenters. The van der Waals surface area contributed by atoms with Crippen molar-refractivity contribution in [3.63, 3.8) is 0 Å². The van der Waals surface area contributed by atoms with Crippen LogP contribution in [-0.2, 0) is 42.8 Å². The molecule has 0 aliphatic rings. The second-order valence-electron chi connectivity index (χ2n) is 37.6. The lowest BCUT2D eigenvalue weighted by molar-refractivity contribution is -0.162. The number of aliphatic hydroxyl groups is 1. The summed E-state index contributed by atoms with van der Waals surface area (Å²) in [5, 5.41) is 62.6. The van der Waals surface area contributed by atoms with E-state index in [1.165, 1.54) is 0 Å². The number of hydrogen-bond donors (Lipinski definition) is 2. The summed E-state index contributed by atoms with van der Waals surface area (Å²) in [4.78, 5) is 42.3. The highest BCUT2D eigenvalue weighted by atomic mass is 35.5. The molecule has 0 bridgehead atoms. The maximum atomic E-state index is 12.7. The summed E-state index contributed by atoms with van der Waals surface area (Å²) in [6.45, 7) is 44.6. The smallest absolute Gasteiger partial charge is 0.337 e. The molecule has 24 nitrogen and oxygen atoms in total. The van der Waals surface area contributed by atoms with Gasteiger partial charge in [-0.25, -0.2) is 4.79 Å². The van der Waals surface area contributed by atoms with Crippen molar-refractivity contribution >= 4 is 125 Å². The molecule has 15 aromatic rings. The highest BCUT2D eigenvalue weighted by molar-refractivity contribution is 6.31. The van der Waals surface area contributed by atoms with Gasteiger partial charge in [0.1, 0.15) is 31.5 Å². The molecular formula is C99H109Cl4N13O11. The topological polar surface area (TPSA) is 289 Å². The Morgan fingerprint density at radius 2 is 0.646 bits per heavy atom. The van der Waals surface area contributed by atoms with Gasteiger partial charge >= 0.3 is 17.9 Å². The van der Waals surface area contributed by atoms with E-state index in [9.17, 15) is 24.6 Å². The molecule has 0 saturated carbocycles. The molecule has 0 amide bonds. The predicted octanol–water partition coefficient (Wildman–Crippen LogP) is 23.6. The Balaban J connectivity index is 0.000000154. The summed E-state index contributed by atoms with van der Waals surface area (Å²) >= 11 is 24.6. The van der Waals surface area contributed by atoms with Crippen molar-refractivity contribution in [3.05, 3.63) is 240 Å². The van der Waals surface area contributed by atoms with Crippen LogP contribution in [0.1, 0.15) is 199 Å². The van der Waals surface area contributed by atoms with E-state index in [1.807, 2.05) is 286 Å². The third-order valence-corrected chi connectivity index (χ3v) is 21.6. The second-order valence-corrected chi connectivity index (χ2v) is 39.4. The number of aliphatic hydroxyl groups excluding tert-OH is 1. The number of fused-ring (bicyclic) bond motifs is 10. The number of aryl methyl sites for hydroxylation is 5. The van der Waals surface area contributed by atoms with Gasteiger partial charge in [0.15, 0.2) is 23.0 Å². The highest BCUT2D eigenvalue weighted by Gasteiger charge is 2.36. The minimum atomic E-state index is -1.15. The van der Waals surface area contributed by atoms with Crippen molar-refractivity contribution in [2.75, 3.05) is 19.8 Å². The number of rotatable bonds is 18. The van der Waals surface area contributed by atoms with E-state index in [4.69, 9.17) is 79.8 Å². The van der Waals surface area contributed by atoms with E-state index in [0.29, 0.717) is 42.6 Å². The third-order valence-electron chi connectivity index (χ3n) is 20.6. The number of aliphatic carboxylic acids is 1. The number of carbonyl (C=O) groups is 3. The van der Waals surface area contributed by atoms with Crippen LogP contribution in [0.4, 0.5) is 0 Å². The number of pyridine rings is 4. The first-order valence-corrected chi connectivity index (χ1v) is 43.3. The lowest BCUT2D eigenvalue weighted by Crippen LogP contribution is -2.30. The molecule has 0 unspecified atom stereocenters. The van der Waals surface area contributed by atoms with Crippen molar-refractivity contribution in [3.8, 4) is 44.5 Å². The van der Waals surface area contributed by atoms with Crippen LogP contribution in [-0.4, -0.2) is 135 Å². The van der Waals surface area contributed by atoms with E-state index < -0.39 is 63.6 Å². The number of tetrazole rings is 3. The Bertz CT molecular complexity index is 6560. The lowest BCUT2D eigenvalue weighted by atomic mass is 9.88. The first-order valence-electron chi connectivity index (χ1n) is 41.8. The van der Waals surface area contributed by atoms with E-state index in [0.717, 1.165) is 133 Å². The monoisotopic (exact) mass is 1800 g/mol. The van der Waals surface area contributed by atoms with Crippen molar-refractivity contribution in [1.29, 1.82) is 0 Å². The van der Waals surface area contributed by atoms with Gasteiger partial charge in [0.25, 0.3) is 0 Å². The fourth-order valence-corrected chi connectivity index (χ4v) is 15.9. The molecule has 28 heteroatoms. The van der Waals surface area contributed by atoms with Gasteiger partial charge in [0.05, 0.1) is 61.9 Å². The molecule has 0 saturated heterocycles. The van der Waals surface area contributed by atoms with Crippen LogP contribution in [0, 0.1) is 45.4 Å². The van der Waals surface area contributed by atoms with Gasteiger partial charge in [-0.05, 0) is 389 Å². The van der Waals surface area contributed by atoms with Gasteiger partial charge in [-0.2, -0.15) is 13.5 Å². The zero-order valence-corrected chi connectivity index (χ0v) is 79.0. The van der Waals surface area contributed by atoms with E-state index in [2.05, 4.69) is 71.7 Å². The molecular weight excluding hydrogens is 1690 g/mol. The normalized spacial score (nSPS) is 13.3. The van der Waals surface area contributed by atoms with Crippen LogP contribution in [0.25, 0.3) is 105 Å². The minimum absolute atomic E-state index is 0.0907. The van der Waals surface area contributed by atoms with Crippen molar-refractivity contribution in [1.82, 2.24) is 65.1 Å². The first kappa shape index (κ1) is 95.1. The Morgan fingerprint density at radius 3 is 0.953 bits per heavy atom. The molecule has 0 fully saturated rings. The van der Waals surface area contributed by atoms with E-state index in [1.54, 1.807) is 31.7 Å². The molecule has 7 aromatic heterocycles. The van der Waals surface area contributed by atoms with Crippen LogP contribution >= 0.6 is 46.4 Å². The highest BCUT2D eigenvalue weighted by Crippen LogP contribution is 2.47. The molecule has 7 heterocycles. The van der Waals surface area contributed by atoms with Gasteiger partial charge in [-0.3, -0.25) is 14.6 Å². The number of aromatic nitrogens is 13. The number of hydrogen-bond acceptors (Lipinski definition) is 20. The van der Waals surface area contributed by atoms with Crippen molar-refractivity contribution in [2.24, 2.45) is 10.8 Å². The maximum Gasteiger partial charge on any atom is 0.337 e. The van der Waals surface area contributed by atoms with E-state index >= 15 is 0 Å². The second kappa shape index (κ2) is 38.1. The van der Waals surface area contributed by atoms with Gasteiger partial charge in [-0.1, -0.05) is 101 Å². The quantitative estimate of drug-likeness (QED) is 0.0755. The molecule has 0 aliphatic heterocycles. The standard InChI is InChI=1S/C28H34ClNO3.C27H31ClN4O3.C22H21ClN4O3.C22H23ClN4O2/c1-17-15-22-21(14-9-18(2)30-22)25(19-10-12-20(29)13-11-19)24(17)23(33-28(6,7)8)16-32-26(31)27(3,4)5;1-16-14-20-19(12-13-22-29-30-31-32(20)22)24(17-8-10-18(28)11-9-17)23(16)21(35-27(5,6)7)15-34-25(33)26(2,3)4;1-12-11-16-15(9-10-17-24-25-26-27(16)17)19(13-5-7-14(23)8-6-13)18(12)20(21(28)29)30-22(2,3)4;1-13-11-17-16(9-10-19-24-25-26-27(17)19)21(14-5-7-15(23)8-6-14)20(13)18(12-28)29-22(2,3)4/h9-15,23H,16H2,1-8H3;8-14,21H,15H2,1-7H3;5-11,20H,1-4H3,(H,28,29);5-11,18,28H,12H2,1-4H3/t23-;21-;20-;18-/m1101/s1. The predicted molar refractivity (Wildman–Crippen MR) is 502 cm³/mol. The fraction of sp³-hybridized carbons (Fsp3) is 0.364. The molecule has 0 radical (unpaired) electrons. The summed E-state index contributed by atoms with van der Waals surface area (Å²) in [5.41, 5.74) is 18.0. The molecule has 8 aromatic carbocycles. The number of nitrogens with zero attached hydrogens (tertiary/aromatic N) is 13. The summed E-state index contributed by atoms with van der Waals surface area (Å²) in [5.74, 6) is -1.58. The number of ether oxygens (including phenoxy) is 6. The number of halogens is 4. The van der Waals surface area contributed by atoms with Gasteiger partial charge in [0.2, 0.25) is 0 Å². The largest absolute Gasteiger partial charge is 0.479 e. The Labute approximate surface area is 759 Å². The average molecular weight is 1800 g/mol. The average Bonchev–Trinajstić information content (AvgIpc) is 1.66. The molecule has 2 N–H and O–H groups in total. The van der Waals surface area contributed by atoms with E-state index in [-0.39, 0.29) is 31.8 Å². The summed E-state index contributed by atoms with van der Waals surface area (Å²) < 4.78 is 41.9. The van der Waals surface area contributed by atoms with Gasteiger partial charge in [-0.15, -0.1) is 15.3 Å². The van der Waals surface area contributed by atoms with Gasteiger partial charge < -0.3 is 38.6 Å². The van der Waals surface area contributed by atoms with Crippen LogP contribution < -0.4 is 0 Å². The van der Waals surface area contributed by atoms with Crippen molar-refractivity contribution in [2.45, 2.75) is 206 Å². The zero-order valence-electron chi connectivity index (χ0n) is 76.0. The molecule has 15 rings (SSSR count). The summed E-state index contributed by atoms with van der Waals surface area (Å²) in [6.07, 6.45) is -2.58. The van der Waals surface area contributed by atoms with Crippen LogP contribution in [0.2, 0.25) is 20.1 Å². The minimum Gasteiger partial charge on any atom is -0.479 e. The molecule has 0 aliphatic carbocycles. The molecule has 664 valence electrons. The fourth-order valence-electron chi connectivity index (χ4n) is 15.4. The number of carboxylic acids is 1. The number of esters is 2. The Morgan fingerprint density at radius 1 is 0.362 bits per heavy atom. The summed E-state index contributed by atoms with van der Waals surface area (Å²) in [6, 6.07) is 54.2. The number of carbonyl (C=O) groups excluding carboxylic acids is 2. The molecule has 0 spiro atoms. The van der Waals surface area contributed by atoms with Crippen LogP contribution in [0.3, 0.4) is 0 Å². The molecule has 127 heavy (non-hydrogen) atoms. The zero-order chi connectivity index (χ0) is 92.5. The summed E-state index contributed by atoms with van der Waals surface area (Å²) in [7, 11) is 0. The van der Waals surface area contributed by atoms with Crippen LogP contribution in [0.15, 0.2) is 170 Å². The third kappa shape index (κ3) is 22.6. The number of carboxylic acid groups (broad SMARTS) is 1. The van der Waals surface area contributed by atoms with Crippen molar-refractivity contribution < 1.29 is 53.0 Å². The SMILES string of the molecule is Cc1cc2c(ccc3nnnn32)c(-c2ccc(Cl)cc2)c1[C@@H](CO)OC(C)(C)C.Cc1cc2c(ccc3nnnn32)c(-c2ccc(Cl)cc2)c1[C@@H](COC(=O)C(C)(C)C)OC(C)(C)C.Cc1cc2c(ccc3nnnn32)c(-c2ccc(Cl)cc2)c1[C@H](OC(C)(C)C)C(=O)O.Cc1ccc2c(-c3ccc(Cl)cc3)c([C@@H](COC(=O)C(C)(C)C)OC(C)(C)C)c(C)cc2n1. The van der Waals surface area contributed by atoms with Crippen LogP contribution in [0.5, 0.6) is 0 Å². The Kier molecular flexibility index (Phi) is 28.5. The lowest BCUT2D eigenvalue weighted by Gasteiger charge is -2.31. The number of benzene rings is 8. The Hall–Kier alpha value is -11.0. The first-order chi connectivity index (χ1) is 59.5. The van der Waals surface area contributed by atoms with Gasteiger partial charge in [0, 0.05) is 52.9 Å².